The number of H-pyrrole nitrogens is 1. The number of phenols is 1. The van der Waals surface area contributed by atoms with E-state index < -0.39 is 127 Å². The molecule has 0 aliphatic carbocycles. The summed E-state index contributed by atoms with van der Waals surface area (Å²) in [5.41, 5.74) is 24.3. The Labute approximate surface area is 483 Å². The second-order valence-corrected chi connectivity index (χ2v) is 20.7. The number of amides is 11. The lowest BCUT2D eigenvalue weighted by atomic mass is 10.0. The summed E-state index contributed by atoms with van der Waals surface area (Å²) in [7, 11) is 1.54. The van der Waals surface area contributed by atoms with Gasteiger partial charge < -0.3 is 84.9 Å². The van der Waals surface area contributed by atoms with E-state index in [-0.39, 0.29) is 75.7 Å². The first-order valence-corrected chi connectivity index (χ1v) is 27.1. The predicted molar refractivity (Wildman–Crippen MR) is 305 cm³/mol. The molecule has 2 heterocycles. The van der Waals surface area contributed by atoms with Gasteiger partial charge in [-0.1, -0.05) is 74.5 Å². The molecule has 454 valence electrons. The summed E-state index contributed by atoms with van der Waals surface area (Å²) in [6.07, 6.45) is -0.484. The number of aromatic amines is 1. The second-order valence-electron chi connectivity index (χ2n) is 20.7. The third-order valence-electron chi connectivity index (χ3n) is 13.6. The van der Waals surface area contributed by atoms with Crippen LogP contribution in [0.4, 0.5) is 4.79 Å². The number of urea groups is 1. The zero-order chi connectivity index (χ0) is 61.6. The molecule has 29 nitrogen and oxygen atoms in total. The quantitative estimate of drug-likeness (QED) is 0.0107. The number of carbonyl (C=O) groups is 10. The second kappa shape index (κ2) is 31.7. The van der Waals surface area contributed by atoms with Crippen molar-refractivity contribution in [3.63, 3.8) is 0 Å². The van der Waals surface area contributed by atoms with Gasteiger partial charge >= 0.3 is 6.03 Å². The van der Waals surface area contributed by atoms with Crippen LogP contribution in [0, 0.1) is 11.3 Å². The number of hydrogen-bond donors (Lipinski definition) is 18. The lowest BCUT2D eigenvalue weighted by Crippen LogP contribution is -2.61. The van der Waals surface area contributed by atoms with Crippen LogP contribution in [0.2, 0.25) is 0 Å². The van der Waals surface area contributed by atoms with E-state index in [0.717, 1.165) is 15.8 Å². The van der Waals surface area contributed by atoms with Crippen molar-refractivity contribution in [2.45, 2.75) is 120 Å². The molecule has 84 heavy (non-hydrogen) atoms. The number of benzene rings is 3. The number of hydrogen-bond acceptors (Lipinski definition) is 15. The Morgan fingerprint density at radius 2 is 1.31 bits per heavy atom. The van der Waals surface area contributed by atoms with Gasteiger partial charge in [0.1, 0.15) is 48.0 Å². The minimum absolute atomic E-state index is 0.00528. The SMILES string of the molecule is CNC(=N)NCCC[C@H](NC(=O)[C@H](CC(C)C)NC(=O)NNC(=O)[C@H](Cc1ccccc1)NC(=O)[C@H](CO)NC(=O)[C@H](CC(N)=O)NC(=O)[C@@H]1C[C@@H](O)CN1C(=O)[C@@H](N)Cc1ccc(O)cc1)C(=O)N[C@@H](Cc1c[nH]c2ccccc12)C(N)=O. The van der Waals surface area contributed by atoms with Crippen LogP contribution in [0.25, 0.3) is 10.9 Å². The molecule has 0 saturated carbocycles. The van der Waals surface area contributed by atoms with Gasteiger partial charge in [-0.2, -0.15) is 0 Å². The number of nitrogens with one attached hydrogen (secondary N) is 12. The van der Waals surface area contributed by atoms with Crippen molar-refractivity contribution in [3.05, 3.63) is 102 Å². The molecule has 1 aliphatic rings. The number of aromatic nitrogens is 1. The van der Waals surface area contributed by atoms with Gasteiger partial charge in [-0.3, -0.25) is 54.0 Å². The molecular weight excluding hydrogens is 1090 g/mol. The molecule has 0 radical (unpaired) electrons. The number of aliphatic hydroxyl groups is 2. The molecule has 1 saturated heterocycles. The molecule has 11 amide bonds. The zero-order valence-electron chi connectivity index (χ0n) is 46.7. The van der Waals surface area contributed by atoms with Crippen molar-refractivity contribution < 1.29 is 63.3 Å². The highest BCUT2D eigenvalue weighted by Crippen LogP contribution is 2.22. The molecule has 0 bridgehead atoms. The highest BCUT2D eigenvalue weighted by Gasteiger charge is 2.42. The van der Waals surface area contributed by atoms with Crippen LogP contribution in [0.3, 0.4) is 0 Å². The minimum Gasteiger partial charge on any atom is -0.508 e. The molecule has 0 unspecified atom stereocenters. The number of nitrogens with two attached hydrogens (primary N) is 3. The summed E-state index contributed by atoms with van der Waals surface area (Å²) >= 11 is 0. The molecular formula is C55H76N16O13. The Balaban J connectivity index is 1.24. The van der Waals surface area contributed by atoms with E-state index in [1.54, 1.807) is 69.6 Å². The molecule has 21 N–H and O–H groups in total. The Bertz CT molecular complexity index is 2960. The highest BCUT2D eigenvalue weighted by molar-refractivity contribution is 5.99. The fourth-order valence-electron chi connectivity index (χ4n) is 9.24. The fourth-order valence-corrected chi connectivity index (χ4v) is 9.24. The van der Waals surface area contributed by atoms with Crippen molar-refractivity contribution in [2.24, 2.45) is 23.1 Å². The lowest BCUT2D eigenvalue weighted by molar-refractivity contribution is -0.141. The number of fused-ring (bicyclic) bond motifs is 1. The van der Waals surface area contributed by atoms with Crippen LogP contribution in [-0.4, -0.2) is 172 Å². The average Bonchev–Trinajstić information content (AvgIpc) is 4.03. The Morgan fingerprint density at radius 1 is 0.702 bits per heavy atom. The molecule has 0 spiro atoms. The van der Waals surface area contributed by atoms with E-state index in [9.17, 15) is 63.3 Å². The molecule has 1 aromatic heterocycles. The van der Waals surface area contributed by atoms with E-state index in [2.05, 4.69) is 58.4 Å². The lowest BCUT2D eigenvalue weighted by Gasteiger charge is -2.28. The smallest absolute Gasteiger partial charge is 0.334 e. The van der Waals surface area contributed by atoms with Gasteiger partial charge in [-0.05, 0) is 66.5 Å². The van der Waals surface area contributed by atoms with Gasteiger partial charge in [0.15, 0.2) is 5.96 Å². The van der Waals surface area contributed by atoms with E-state index in [1.165, 1.54) is 12.1 Å². The molecule has 1 fully saturated rings. The molecule has 4 aromatic rings. The summed E-state index contributed by atoms with van der Waals surface area (Å²) in [5, 5.41) is 59.4. The van der Waals surface area contributed by atoms with Gasteiger partial charge in [0.25, 0.3) is 5.91 Å². The predicted octanol–water partition coefficient (Wildman–Crippen LogP) is -3.76. The number of guanidine groups is 1. The zero-order valence-corrected chi connectivity index (χ0v) is 46.7. The Hall–Kier alpha value is -9.35. The van der Waals surface area contributed by atoms with Crippen molar-refractivity contribution >= 4 is 76.1 Å². The monoisotopic (exact) mass is 1170 g/mol. The third-order valence-corrected chi connectivity index (χ3v) is 13.6. The third kappa shape index (κ3) is 20.0. The van der Waals surface area contributed by atoms with Crippen molar-refractivity contribution in [1.82, 2.24) is 63.3 Å². The van der Waals surface area contributed by atoms with Crippen LogP contribution in [0.15, 0.2) is 85.1 Å². The largest absolute Gasteiger partial charge is 0.508 e. The number of likely N-dealkylation sites (tertiary alicyclic amines) is 1. The van der Waals surface area contributed by atoms with E-state index in [0.29, 0.717) is 16.7 Å². The minimum atomic E-state index is -1.84. The number of β-amino-alcohol motifs (C(OH)–C–C–N with tert-alkyl or cyclic N) is 1. The van der Waals surface area contributed by atoms with E-state index in [1.807, 2.05) is 24.3 Å². The highest BCUT2D eigenvalue weighted by atomic mass is 16.3. The summed E-state index contributed by atoms with van der Waals surface area (Å²) in [6, 6.07) is 8.88. The Kier molecular flexibility index (Phi) is 24.7. The van der Waals surface area contributed by atoms with Crippen molar-refractivity contribution in [3.8, 4) is 5.75 Å². The standard InChI is InChI=1S/C55H76N16O13/c1-29(2)20-40(48(78)63-38(14-9-19-61-54(59)60-3)47(77)64-39(46(58)76)23-32-26-62-37-13-8-7-12-35(32)37)68-55(84)70-69-51(81)41(22-30-10-5-4-6-11-30)65-50(80)43(28-72)67-49(79)42(25-45(57)75)66-52(82)44-24-34(74)27-71(44)53(83)36(56)21-31-15-17-33(73)18-16-31/h4-8,10-13,15-18,26,29,34,36,38-44,62,72-74H,9,14,19-25,27-28,56H2,1-3H3,(H2,57,75)(H2,58,76)(H,63,78)(H,64,77)(H,65,80)(H,66,82)(H,67,79)(H,69,81)(H3,59,60,61)(H2,68,70,84)/t34-,36+,38+,39+,40+,41+,42+,43+,44+/m1/s1. The van der Waals surface area contributed by atoms with Gasteiger partial charge in [0.05, 0.1) is 25.2 Å². The number of rotatable bonds is 29. The molecule has 5 rings (SSSR count). The van der Waals surface area contributed by atoms with Gasteiger partial charge in [-0.15, -0.1) is 0 Å². The maximum absolute atomic E-state index is 14.1. The molecule has 29 heteroatoms. The maximum Gasteiger partial charge on any atom is 0.334 e. The first-order chi connectivity index (χ1) is 40.0. The van der Waals surface area contributed by atoms with E-state index in [4.69, 9.17) is 22.6 Å². The molecule has 3 aromatic carbocycles. The Morgan fingerprint density at radius 3 is 1.96 bits per heavy atom. The van der Waals surface area contributed by atoms with E-state index >= 15 is 0 Å². The number of phenolic OH excluding ortho intramolecular Hbond substituents is 1. The van der Waals surface area contributed by atoms with Gasteiger partial charge in [-0.25, -0.2) is 10.2 Å². The van der Waals surface area contributed by atoms with Crippen LogP contribution < -0.4 is 70.6 Å². The first kappa shape index (κ1) is 65.5. The number of primary amides is 2. The average molecular weight is 1170 g/mol. The van der Waals surface area contributed by atoms with Crippen molar-refractivity contribution in [1.29, 1.82) is 5.41 Å². The van der Waals surface area contributed by atoms with Crippen LogP contribution >= 0.6 is 0 Å². The summed E-state index contributed by atoms with van der Waals surface area (Å²) in [5.74, 6) is -8.76. The summed E-state index contributed by atoms with van der Waals surface area (Å²) in [6.45, 7) is 2.37. The van der Waals surface area contributed by atoms with Crippen LogP contribution in [0.5, 0.6) is 5.75 Å². The van der Waals surface area contributed by atoms with Crippen molar-refractivity contribution in [2.75, 3.05) is 26.7 Å². The summed E-state index contributed by atoms with van der Waals surface area (Å²) in [4.78, 5) is 139. The molecule has 1 aliphatic heterocycles. The number of aromatic hydroxyl groups is 1. The first-order valence-electron chi connectivity index (χ1n) is 27.1. The normalized spacial score (nSPS) is 16.2. The maximum atomic E-state index is 14.1. The number of aliphatic hydroxyl groups excluding tert-OH is 2. The van der Waals surface area contributed by atoms with Crippen LogP contribution in [0.1, 0.15) is 62.6 Å². The topological polar surface area (TPSA) is 473 Å². The number of para-hydroxylation sites is 1. The van der Waals surface area contributed by atoms with Gasteiger partial charge in [0.2, 0.25) is 47.3 Å². The number of nitrogens with zero attached hydrogens (tertiary/aromatic N) is 1. The van der Waals surface area contributed by atoms with Crippen LogP contribution in [-0.2, 0) is 62.4 Å². The summed E-state index contributed by atoms with van der Waals surface area (Å²) < 4.78 is 0. The number of carbonyl (C=O) groups excluding carboxylic acids is 10. The van der Waals surface area contributed by atoms with Gasteiger partial charge in [0, 0.05) is 56.5 Å². The fraction of sp³-hybridized carbons (Fsp3) is 0.436. The number of hydrazine groups is 1. The molecule has 9 atom stereocenters.